The number of ketones is 1. The van der Waals surface area contributed by atoms with Crippen LogP contribution in [0.3, 0.4) is 0 Å². The van der Waals surface area contributed by atoms with Gasteiger partial charge in [-0.25, -0.2) is 0 Å². The summed E-state index contributed by atoms with van der Waals surface area (Å²) in [5.74, 6) is 1.22. The third kappa shape index (κ3) is 3.56. The first-order valence-electron chi connectivity index (χ1n) is 6.96. The molecule has 0 aliphatic heterocycles. The maximum absolute atomic E-state index is 11.9. The fourth-order valence-corrected chi connectivity index (χ4v) is 2.73. The number of carbonyl (C=O) groups excluding carboxylic acids is 1. The van der Waals surface area contributed by atoms with Gasteiger partial charge >= 0.3 is 0 Å². The van der Waals surface area contributed by atoms with Crippen molar-refractivity contribution in [2.24, 2.45) is 0 Å². The third-order valence-corrected chi connectivity index (χ3v) is 3.91. The number of hydrogen-bond acceptors (Lipinski definition) is 3. The smallest absolute Gasteiger partial charge is 0.158 e. The number of nitrogens with one attached hydrogen (secondary N) is 1. The summed E-state index contributed by atoms with van der Waals surface area (Å²) < 4.78 is 5.29. The van der Waals surface area contributed by atoms with E-state index < -0.39 is 0 Å². The number of benzene rings is 1. The van der Waals surface area contributed by atoms with Crippen molar-refractivity contribution in [2.75, 3.05) is 0 Å². The first-order valence-corrected chi connectivity index (χ1v) is 7.33. The van der Waals surface area contributed by atoms with Gasteiger partial charge in [0.05, 0.1) is 12.8 Å². The van der Waals surface area contributed by atoms with E-state index in [1.165, 1.54) is 0 Å². The second-order valence-corrected chi connectivity index (χ2v) is 5.66. The second kappa shape index (κ2) is 6.19. The van der Waals surface area contributed by atoms with Crippen LogP contribution in [0, 0.1) is 0 Å². The molecule has 0 spiro atoms. The average molecular weight is 302 g/mol. The summed E-state index contributed by atoms with van der Waals surface area (Å²) in [6.07, 6.45) is 4.73. The van der Waals surface area contributed by atoms with Gasteiger partial charge in [-0.3, -0.25) is 4.79 Å². The maximum Gasteiger partial charge on any atom is 0.158 e. The van der Waals surface area contributed by atoms with Crippen LogP contribution in [0.15, 0.2) is 58.9 Å². The summed E-state index contributed by atoms with van der Waals surface area (Å²) in [7, 11) is 0. The minimum absolute atomic E-state index is 0.156. The van der Waals surface area contributed by atoms with Crippen LogP contribution in [-0.2, 0) is 11.3 Å². The molecule has 0 amide bonds. The Kier molecular flexibility index (Phi) is 4.11. The first-order chi connectivity index (χ1) is 10.2. The average Bonchev–Trinajstić information content (AvgIpc) is 2.99. The van der Waals surface area contributed by atoms with Crippen molar-refractivity contribution in [1.82, 2.24) is 5.32 Å². The Morgan fingerprint density at radius 3 is 2.71 bits per heavy atom. The molecule has 0 radical (unpaired) electrons. The van der Waals surface area contributed by atoms with Gasteiger partial charge in [0.25, 0.3) is 0 Å². The Morgan fingerprint density at radius 2 is 2.00 bits per heavy atom. The fraction of sp³-hybridized carbons (Fsp3) is 0.235. The highest BCUT2D eigenvalue weighted by Crippen LogP contribution is 2.31. The normalized spacial score (nSPS) is 18.4. The van der Waals surface area contributed by atoms with Crippen LogP contribution >= 0.6 is 11.6 Å². The van der Waals surface area contributed by atoms with Gasteiger partial charge in [0.2, 0.25) is 0 Å². The van der Waals surface area contributed by atoms with Gasteiger partial charge < -0.3 is 9.73 Å². The van der Waals surface area contributed by atoms with Gasteiger partial charge in [-0.2, -0.15) is 0 Å². The number of carbonyl (C=O) groups is 1. The van der Waals surface area contributed by atoms with Gasteiger partial charge in [-0.1, -0.05) is 23.7 Å². The van der Waals surface area contributed by atoms with Gasteiger partial charge in [-0.15, -0.1) is 0 Å². The highest BCUT2D eigenvalue weighted by molar-refractivity contribution is 6.30. The molecule has 0 fully saturated rings. The predicted molar refractivity (Wildman–Crippen MR) is 82.1 cm³/mol. The zero-order chi connectivity index (χ0) is 14.7. The van der Waals surface area contributed by atoms with Crippen LogP contribution in [-0.4, -0.2) is 5.78 Å². The quantitative estimate of drug-likeness (QED) is 0.926. The Hall–Kier alpha value is -2.00. The summed E-state index contributed by atoms with van der Waals surface area (Å²) >= 11 is 5.91. The molecule has 3 rings (SSSR count). The van der Waals surface area contributed by atoms with Crippen LogP contribution in [0.1, 0.15) is 30.1 Å². The molecule has 0 bridgehead atoms. The highest BCUT2D eigenvalue weighted by Gasteiger charge is 2.22. The third-order valence-electron chi connectivity index (χ3n) is 3.66. The van der Waals surface area contributed by atoms with E-state index in [9.17, 15) is 4.79 Å². The second-order valence-electron chi connectivity index (χ2n) is 5.23. The minimum atomic E-state index is 0.156. The number of allylic oxidation sites excluding steroid dienone is 2. The molecule has 1 aromatic heterocycles. The molecule has 0 saturated carbocycles. The standard InChI is InChI=1S/C17H16ClNO2/c18-14-5-3-12(4-6-14)13-8-15(10-16(20)9-13)19-11-17-2-1-7-21-17/h1-7,10,13,19H,8-9,11H2/t13-/m0/s1. The Morgan fingerprint density at radius 1 is 1.19 bits per heavy atom. The first kappa shape index (κ1) is 14.0. The largest absolute Gasteiger partial charge is 0.467 e. The van der Waals surface area contributed by atoms with Crippen molar-refractivity contribution in [2.45, 2.75) is 25.3 Å². The van der Waals surface area contributed by atoms with E-state index in [1.807, 2.05) is 36.4 Å². The van der Waals surface area contributed by atoms with Crippen molar-refractivity contribution in [3.8, 4) is 0 Å². The van der Waals surface area contributed by atoms with Gasteiger partial charge in [0, 0.05) is 23.2 Å². The molecule has 1 aromatic carbocycles. The van der Waals surface area contributed by atoms with Gasteiger partial charge in [0.15, 0.2) is 5.78 Å². The molecule has 108 valence electrons. The summed E-state index contributed by atoms with van der Waals surface area (Å²) in [5.41, 5.74) is 2.11. The molecule has 1 aliphatic rings. The molecule has 1 atom stereocenters. The van der Waals surface area contributed by atoms with Crippen molar-refractivity contribution < 1.29 is 9.21 Å². The van der Waals surface area contributed by atoms with Gasteiger partial charge in [-0.05, 0) is 42.2 Å². The molecule has 4 heteroatoms. The van der Waals surface area contributed by atoms with Crippen LogP contribution in [0.5, 0.6) is 0 Å². The number of hydrogen-bond donors (Lipinski definition) is 1. The van der Waals surface area contributed by atoms with Crippen LogP contribution in [0.2, 0.25) is 5.02 Å². The van der Waals surface area contributed by atoms with E-state index >= 15 is 0 Å². The molecule has 0 saturated heterocycles. The molecule has 1 N–H and O–H groups in total. The Balaban J connectivity index is 1.68. The lowest BCUT2D eigenvalue weighted by molar-refractivity contribution is -0.115. The zero-order valence-corrected chi connectivity index (χ0v) is 12.3. The van der Waals surface area contributed by atoms with E-state index in [0.29, 0.717) is 18.0 Å². The van der Waals surface area contributed by atoms with E-state index in [4.69, 9.17) is 16.0 Å². The molecular formula is C17H16ClNO2. The molecule has 3 nitrogen and oxygen atoms in total. The molecule has 21 heavy (non-hydrogen) atoms. The molecule has 2 aromatic rings. The lowest BCUT2D eigenvalue weighted by Gasteiger charge is -2.23. The SMILES string of the molecule is O=C1C=C(NCc2ccco2)C[C@H](c2ccc(Cl)cc2)C1. The predicted octanol–water partition coefficient (Wildman–Crippen LogP) is 4.05. The van der Waals surface area contributed by atoms with Crippen molar-refractivity contribution in [3.63, 3.8) is 0 Å². The Labute approximate surface area is 128 Å². The zero-order valence-electron chi connectivity index (χ0n) is 11.5. The lowest BCUT2D eigenvalue weighted by Crippen LogP contribution is -2.21. The van der Waals surface area contributed by atoms with Crippen LogP contribution in [0.4, 0.5) is 0 Å². The Bertz CT molecular complexity index is 644. The lowest BCUT2D eigenvalue weighted by atomic mass is 9.85. The number of furan rings is 1. The van der Waals surface area contributed by atoms with E-state index in [1.54, 1.807) is 12.3 Å². The maximum atomic E-state index is 11.9. The fourth-order valence-electron chi connectivity index (χ4n) is 2.60. The van der Waals surface area contributed by atoms with Crippen molar-refractivity contribution >= 4 is 17.4 Å². The summed E-state index contributed by atoms with van der Waals surface area (Å²) in [4.78, 5) is 11.9. The van der Waals surface area contributed by atoms with Gasteiger partial charge in [0.1, 0.15) is 5.76 Å². The van der Waals surface area contributed by atoms with E-state index in [-0.39, 0.29) is 11.7 Å². The molecule has 1 heterocycles. The summed E-state index contributed by atoms with van der Waals surface area (Å²) in [6.45, 7) is 0.597. The van der Waals surface area contributed by atoms with Crippen molar-refractivity contribution in [1.29, 1.82) is 0 Å². The number of rotatable bonds is 4. The van der Waals surface area contributed by atoms with Crippen LogP contribution < -0.4 is 5.32 Å². The molecule has 0 unspecified atom stereocenters. The van der Waals surface area contributed by atoms with E-state index in [0.717, 1.165) is 23.4 Å². The topological polar surface area (TPSA) is 42.2 Å². The number of halogens is 1. The highest BCUT2D eigenvalue weighted by atomic mass is 35.5. The summed E-state index contributed by atoms with van der Waals surface area (Å²) in [6, 6.07) is 11.5. The van der Waals surface area contributed by atoms with Crippen LogP contribution in [0.25, 0.3) is 0 Å². The molecule has 1 aliphatic carbocycles. The monoisotopic (exact) mass is 301 g/mol. The molecular weight excluding hydrogens is 286 g/mol. The van der Waals surface area contributed by atoms with Crippen molar-refractivity contribution in [3.05, 3.63) is 70.8 Å². The minimum Gasteiger partial charge on any atom is -0.467 e. The summed E-state index contributed by atoms with van der Waals surface area (Å²) in [5, 5.41) is 4.00. The van der Waals surface area contributed by atoms with E-state index in [2.05, 4.69) is 5.32 Å².